The number of carboxylic acids is 1. The van der Waals surface area contributed by atoms with Crippen LogP contribution in [0.5, 0.6) is 0 Å². The van der Waals surface area contributed by atoms with Gasteiger partial charge < -0.3 is 20.3 Å². The van der Waals surface area contributed by atoms with E-state index in [1.54, 1.807) is 7.11 Å². The predicted molar refractivity (Wildman–Crippen MR) is 76.8 cm³/mol. The van der Waals surface area contributed by atoms with Crippen LogP contribution in [0.3, 0.4) is 0 Å². The Kier molecular flexibility index (Phi) is 6.64. The van der Waals surface area contributed by atoms with Crippen molar-refractivity contribution in [3.05, 3.63) is 34.9 Å². The molecule has 0 heterocycles. The van der Waals surface area contributed by atoms with Crippen molar-refractivity contribution in [1.82, 2.24) is 5.32 Å². The van der Waals surface area contributed by atoms with Crippen LogP contribution in [0.15, 0.2) is 18.2 Å². The number of benzene rings is 1. The summed E-state index contributed by atoms with van der Waals surface area (Å²) in [6.07, 6.45) is -0.999. The lowest BCUT2D eigenvalue weighted by Gasteiger charge is -2.24. The average molecular weight is 281 g/mol. The number of hydrogen-bond acceptors (Lipinski definition) is 4. The first kappa shape index (κ1) is 16.6. The molecule has 112 valence electrons. The summed E-state index contributed by atoms with van der Waals surface area (Å²) in [5.74, 6) is -0.940. The van der Waals surface area contributed by atoms with Crippen LogP contribution >= 0.6 is 0 Å². The van der Waals surface area contributed by atoms with Crippen molar-refractivity contribution in [2.75, 3.05) is 20.3 Å². The van der Waals surface area contributed by atoms with E-state index in [0.29, 0.717) is 13.2 Å². The molecule has 5 heteroatoms. The van der Waals surface area contributed by atoms with Gasteiger partial charge >= 0.3 is 5.97 Å². The number of rotatable bonds is 8. The summed E-state index contributed by atoms with van der Waals surface area (Å²) in [6, 6.07) is 5.26. The van der Waals surface area contributed by atoms with E-state index in [1.165, 1.54) is 0 Å². The molecule has 2 unspecified atom stereocenters. The first-order valence-corrected chi connectivity index (χ1v) is 6.65. The third kappa shape index (κ3) is 4.92. The summed E-state index contributed by atoms with van der Waals surface area (Å²) in [7, 11) is 1.58. The lowest BCUT2D eigenvalue weighted by Crippen LogP contribution is -2.39. The van der Waals surface area contributed by atoms with Gasteiger partial charge in [0, 0.05) is 19.7 Å². The van der Waals surface area contributed by atoms with Gasteiger partial charge in [-0.2, -0.15) is 0 Å². The Morgan fingerprint density at radius 2 is 2.10 bits per heavy atom. The Morgan fingerprint density at radius 1 is 1.40 bits per heavy atom. The molecular weight excluding hydrogens is 258 g/mol. The first-order chi connectivity index (χ1) is 9.45. The number of hydrogen-bond donors (Lipinski definition) is 3. The zero-order valence-electron chi connectivity index (χ0n) is 12.2. The standard InChI is InChI=1S/C15H23NO4/c1-10-4-5-11(2)12(8-10)15(19)13(9-14(17)18)16-6-7-20-3/h4-5,8,13,15-16,19H,6-7,9H2,1-3H3,(H,17,18). The Labute approximate surface area is 119 Å². The Hall–Kier alpha value is -1.43. The Bertz CT molecular complexity index is 447. The molecule has 5 nitrogen and oxygen atoms in total. The minimum absolute atomic E-state index is 0.141. The number of aliphatic hydroxyl groups is 1. The maximum absolute atomic E-state index is 10.9. The number of methoxy groups -OCH3 is 1. The number of carbonyl (C=O) groups is 1. The second kappa shape index (κ2) is 7.99. The number of aryl methyl sites for hydroxylation is 2. The van der Waals surface area contributed by atoms with Gasteiger partial charge in [-0.1, -0.05) is 23.8 Å². The molecular formula is C15H23NO4. The monoisotopic (exact) mass is 281 g/mol. The topological polar surface area (TPSA) is 78.8 Å². The fourth-order valence-electron chi connectivity index (χ4n) is 2.13. The SMILES string of the molecule is COCCNC(CC(=O)O)C(O)c1cc(C)ccc1C. The number of carboxylic acid groups (broad SMARTS) is 1. The lowest BCUT2D eigenvalue weighted by atomic mass is 9.94. The van der Waals surface area contributed by atoms with Gasteiger partial charge in [-0.25, -0.2) is 0 Å². The van der Waals surface area contributed by atoms with Gasteiger partial charge in [-0.15, -0.1) is 0 Å². The molecule has 0 fully saturated rings. The fraction of sp³-hybridized carbons (Fsp3) is 0.533. The number of ether oxygens (including phenoxy) is 1. The zero-order chi connectivity index (χ0) is 15.1. The van der Waals surface area contributed by atoms with E-state index in [0.717, 1.165) is 16.7 Å². The van der Waals surface area contributed by atoms with Crippen LogP contribution in [0, 0.1) is 13.8 Å². The molecule has 0 aromatic heterocycles. The highest BCUT2D eigenvalue weighted by Gasteiger charge is 2.24. The average Bonchev–Trinajstić information content (AvgIpc) is 2.39. The van der Waals surface area contributed by atoms with Crippen molar-refractivity contribution in [1.29, 1.82) is 0 Å². The second-order valence-corrected chi connectivity index (χ2v) is 4.96. The Balaban J connectivity index is 2.87. The molecule has 20 heavy (non-hydrogen) atoms. The highest BCUT2D eigenvalue weighted by Crippen LogP contribution is 2.23. The van der Waals surface area contributed by atoms with Crippen LogP contribution < -0.4 is 5.32 Å². The molecule has 0 aliphatic rings. The van der Waals surface area contributed by atoms with Crippen molar-refractivity contribution in [2.24, 2.45) is 0 Å². The van der Waals surface area contributed by atoms with Crippen molar-refractivity contribution in [3.8, 4) is 0 Å². The normalized spacial score (nSPS) is 14.0. The van der Waals surface area contributed by atoms with Crippen LogP contribution in [0.2, 0.25) is 0 Å². The van der Waals surface area contributed by atoms with Crippen molar-refractivity contribution in [2.45, 2.75) is 32.4 Å². The van der Waals surface area contributed by atoms with Crippen molar-refractivity contribution in [3.63, 3.8) is 0 Å². The van der Waals surface area contributed by atoms with Gasteiger partial charge in [0.15, 0.2) is 0 Å². The quantitative estimate of drug-likeness (QED) is 0.628. The maximum atomic E-state index is 10.9. The number of aliphatic hydroxyl groups excluding tert-OH is 1. The Morgan fingerprint density at radius 3 is 2.70 bits per heavy atom. The van der Waals surface area contributed by atoms with Gasteiger partial charge in [-0.3, -0.25) is 4.79 Å². The van der Waals surface area contributed by atoms with Gasteiger partial charge in [0.1, 0.15) is 0 Å². The molecule has 0 aliphatic carbocycles. The summed E-state index contributed by atoms with van der Waals surface area (Å²) in [5, 5.41) is 22.5. The molecule has 0 spiro atoms. The highest BCUT2D eigenvalue weighted by atomic mass is 16.5. The van der Waals surface area contributed by atoms with Crippen molar-refractivity contribution >= 4 is 5.97 Å². The fourth-order valence-corrected chi connectivity index (χ4v) is 2.13. The van der Waals surface area contributed by atoms with Gasteiger partial charge in [0.05, 0.1) is 19.1 Å². The minimum Gasteiger partial charge on any atom is -0.481 e. The zero-order valence-corrected chi connectivity index (χ0v) is 12.2. The van der Waals surface area contributed by atoms with Gasteiger partial charge in [0.2, 0.25) is 0 Å². The smallest absolute Gasteiger partial charge is 0.305 e. The van der Waals surface area contributed by atoms with Gasteiger partial charge in [0.25, 0.3) is 0 Å². The molecule has 1 aromatic rings. The third-order valence-corrected chi connectivity index (χ3v) is 3.24. The molecule has 0 saturated heterocycles. The molecule has 0 bridgehead atoms. The molecule has 1 rings (SSSR count). The van der Waals surface area contributed by atoms with Crippen molar-refractivity contribution < 1.29 is 19.7 Å². The summed E-state index contributed by atoms with van der Waals surface area (Å²) in [6.45, 7) is 4.82. The van der Waals surface area contributed by atoms with Crippen LogP contribution in [0.4, 0.5) is 0 Å². The minimum atomic E-state index is -0.940. The molecule has 0 radical (unpaired) electrons. The maximum Gasteiger partial charge on any atom is 0.305 e. The van der Waals surface area contributed by atoms with E-state index in [-0.39, 0.29) is 6.42 Å². The van der Waals surface area contributed by atoms with E-state index >= 15 is 0 Å². The first-order valence-electron chi connectivity index (χ1n) is 6.65. The molecule has 0 amide bonds. The van der Waals surface area contributed by atoms with Gasteiger partial charge in [-0.05, 0) is 25.0 Å². The van der Waals surface area contributed by atoms with Crippen LogP contribution in [-0.2, 0) is 9.53 Å². The largest absolute Gasteiger partial charge is 0.481 e. The molecule has 3 N–H and O–H groups in total. The molecule has 0 aliphatic heterocycles. The van der Waals surface area contributed by atoms with Crippen LogP contribution in [0.25, 0.3) is 0 Å². The summed E-state index contributed by atoms with van der Waals surface area (Å²) >= 11 is 0. The van der Waals surface area contributed by atoms with Crippen LogP contribution in [-0.4, -0.2) is 42.5 Å². The third-order valence-electron chi connectivity index (χ3n) is 3.24. The highest BCUT2D eigenvalue weighted by molar-refractivity contribution is 5.67. The van der Waals surface area contributed by atoms with E-state index in [9.17, 15) is 9.90 Å². The number of nitrogens with one attached hydrogen (secondary N) is 1. The summed E-state index contributed by atoms with van der Waals surface area (Å²) in [5.41, 5.74) is 2.75. The summed E-state index contributed by atoms with van der Waals surface area (Å²) < 4.78 is 4.93. The van der Waals surface area contributed by atoms with E-state index in [2.05, 4.69) is 5.32 Å². The lowest BCUT2D eigenvalue weighted by molar-refractivity contribution is -0.138. The van der Waals surface area contributed by atoms with E-state index < -0.39 is 18.1 Å². The summed E-state index contributed by atoms with van der Waals surface area (Å²) in [4.78, 5) is 10.9. The molecule has 1 aromatic carbocycles. The van der Waals surface area contributed by atoms with E-state index in [4.69, 9.17) is 9.84 Å². The van der Waals surface area contributed by atoms with E-state index in [1.807, 2.05) is 32.0 Å². The molecule has 2 atom stereocenters. The predicted octanol–water partition coefficient (Wildman–Crippen LogP) is 1.42. The second-order valence-electron chi connectivity index (χ2n) is 4.96. The van der Waals surface area contributed by atoms with Crippen LogP contribution in [0.1, 0.15) is 29.2 Å². The molecule has 0 saturated carbocycles. The number of aliphatic carboxylic acids is 1.